The van der Waals surface area contributed by atoms with Crippen molar-refractivity contribution in [2.24, 2.45) is 0 Å². The Labute approximate surface area is 188 Å². The number of hydrogen-bond acceptors (Lipinski definition) is 6. The van der Waals surface area contributed by atoms with E-state index in [1.165, 1.54) is 9.13 Å². The van der Waals surface area contributed by atoms with Crippen LogP contribution in [0.25, 0.3) is 11.2 Å². The van der Waals surface area contributed by atoms with Crippen molar-refractivity contribution in [3.8, 4) is 0 Å². The molecular formula is C23H21N5O3S. The standard InChI is InChI=1S/C23H21N5O3S/c1-32-18-6-4-16(5-7-18)13-26-20(29)15-27-19-3-2-10-25-21(19)28(23(31)22(27)30)14-17-8-11-24-12-9-17/h2-12H,13-15H2,1H3,(H,26,29). The maximum absolute atomic E-state index is 12.9. The van der Waals surface area contributed by atoms with Gasteiger partial charge in [-0.05, 0) is 53.8 Å². The van der Waals surface area contributed by atoms with E-state index in [1.807, 2.05) is 30.5 Å². The second-order valence-corrected chi connectivity index (χ2v) is 7.99. The molecule has 0 atom stereocenters. The third kappa shape index (κ3) is 4.62. The Morgan fingerprint density at radius 2 is 1.66 bits per heavy atom. The lowest BCUT2D eigenvalue weighted by Crippen LogP contribution is -2.44. The fourth-order valence-electron chi connectivity index (χ4n) is 3.36. The van der Waals surface area contributed by atoms with Crippen molar-refractivity contribution in [1.29, 1.82) is 0 Å². The molecule has 0 aliphatic rings. The van der Waals surface area contributed by atoms with Crippen molar-refractivity contribution in [2.75, 3.05) is 6.26 Å². The molecular weight excluding hydrogens is 426 g/mol. The number of carbonyl (C=O) groups is 1. The van der Waals surface area contributed by atoms with Crippen LogP contribution in [0.5, 0.6) is 0 Å². The average Bonchev–Trinajstić information content (AvgIpc) is 2.84. The van der Waals surface area contributed by atoms with E-state index in [9.17, 15) is 14.4 Å². The van der Waals surface area contributed by atoms with Gasteiger partial charge in [0.1, 0.15) is 6.54 Å². The lowest BCUT2D eigenvalue weighted by Gasteiger charge is -2.14. The Bertz CT molecular complexity index is 1360. The largest absolute Gasteiger partial charge is 0.350 e. The van der Waals surface area contributed by atoms with Gasteiger partial charge in [0, 0.05) is 30.0 Å². The van der Waals surface area contributed by atoms with Crippen molar-refractivity contribution < 1.29 is 4.79 Å². The Kier molecular flexibility index (Phi) is 6.46. The predicted octanol–water partition coefficient (Wildman–Crippen LogP) is 2.04. The van der Waals surface area contributed by atoms with Gasteiger partial charge in [0.15, 0.2) is 5.65 Å². The molecule has 32 heavy (non-hydrogen) atoms. The summed E-state index contributed by atoms with van der Waals surface area (Å²) < 4.78 is 2.51. The number of rotatable bonds is 7. The van der Waals surface area contributed by atoms with Crippen LogP contribution in [0.3, 0.4) is 0 Å². The minimum absolute atomic E-state index is 0.184. The summed E-state index contributed by atoms with van der Waals surface area (Å²) in [5.74, 6) is -0.363. The summed E-state index contributed by atoms with van der Waals surface area (Å²) in [7, 11) is 0. The summed E-state index contributed by atoms with van der Waals surface area (Å²) in [6, 6.07) is 14.7. The molecule has 1 amide bonds. The first-order valence-electron chi connectivity index (χ1n) is 9.93. The Balaban J connectivity index is 1.60. The maximum atomic E-state index is 12.9. The van der Waals surface area contributed by atoms with Crippen molar-refractivity contribution in [3.05, 3.63) is 99.0 Å². The van der Waals surface area contributed by atoms with Crippen LogP contribution in [-0.2, 0) is 24.4 Å². The molecule has 0 aliphatic carbocycles. The van der Waals surface area contributed by atoms with Crippen LogP contribution in [-0.4, -0.2) is 31.3 Å². The van der Waals surface area contributed by atoms with E-state index in [4.69, 9.17) is 0 Å². The number of fused-ring (bicyclic) bond motifs is 1. The van der Waals surface area contributed by atoms with Crippen LogP contribution < -0.4 is 16.4 Å². The van der Waals surface area contributed by atoms with Gasteiger partial charge in [-0.3, -0.25) is 28.5 Å². The molecule has 4 aromatic rings. The molecule has 0 aliphatic heterocycles. The summed E-state index contributed by atoms with van der Waals surface area (Å²) in [6.07, 6.45) is 6.79. The average molecular weight is 448 g/mol. The number of nitrogens with one attached hydrogen (secondary N) is 1. The highest BCUT2D eigenvalue weighted by atomic mass is 32.2. The first kappa shape index (κ1) is 21.5. The van der Waals surface area contributed by atoms with Crippen molar-refractivity contribution >= 4 is 28.8 Å². The Hall–Kier alpha value is -3.72. The van der Waals surface area contributed by atoms with Crippen molar-refractivity contribution in [3.63, 3.8) is 0 Å². The molecule has 0 radical (unpaired) electrons. The van der Waals surface area contributed by atoms with Crippen LogP contribution in [0.4, 0.5) is 0 Å². The van der Waals surface area contributed by atoms with Gasteiger partial charge in [-0.25, -0.2) is 4.98 Å². The highest BCUT2D eigenvalue weighted by Crippen LogP contribution is 2.15. The van der Waals surface area contributed by atoms with E-state index in [0.717, 1.165) is 16.0 Å². The fourth-order valence-corrected chi connectivity index (χ4v) is 3.77. The van der Waals surface area contributed by atoms with Crippen LogP contribution in [0.15, 0.2) is 81.6 Å². The Morgan fingerprint density at radius 1 is 0.938 bits per heavy atom. The lowest BCUT2D eigenvalue weighted by molar-refractivity contribution is -0.121. The number of benzene rings is 1. The molecule has 8 nitrogen and oxygen atoms in total. The quantitative estimate of drug-likeness (QED) is 0.344. The molecule has 4 rings (SSSR count). The summed E-state index contributed by atoms with van der Waals surface area (Å²) >= 11 is 1.64. The van der Waals surface area contributed by atoms with Crippen LogP contribution in [0.2, 0.25) is 0 Å². The Morgan fingerprint density at radius 3 is 2.38 bits per heavy atom. The summed E-state index contributed by atoms with van der Waals surface area (Å²) in [4.78, 5) is 47.7. The number of aromatic nitrogens is 4. The number of carbonyl (C=O) groups excluding carboxylic acids is 1. The second-order valence-electron chi connectivity index (χ2n) is 7.11. The number of nitrogens with zero attached hydrogens (tertiary/aromatic N) is 4. The molecule has 3 heterocycles. The molecule has 0 saturated carbocycles. The van der Waals surface area contributed by atoms with Crippen LogP contribution in [0, 0.1) is 0 Å². The summed E-state index contributed by atoms with van der Waals surface area (Å²) in [5, 5.41) is 2.81. The van der Waals surface area contributed by atoms with Gasteiger partial charge in [0.2, 0.25) is 5.91 Å². The van der Waals surface area contributed by atoms with Gasteiger partial charge >= 0.3 is 11.1 Å². The van der Waals surface area contributed by atoms with Gasteiger partial charge < -0.3 is 5.32 Å². The predicted molar refractivity (Wildman–Crippen MR) is 124 cm³/mol. The fraction of sp³-hybridized carbons (Fsp3) is 0.174. The number of pyridine rings is 2. The highest BCUT2D eigenvalue weighted by Gasteiger charge is 2.16. The molecule has 3 aromatic heterocycles. The number of hydrogen-bond donors (Lipinski definition) is 1. The molecule has 0 saturated heterocycles. The van der Waals surface area contributed by atoms with Crippen molar-refractivity contribution in [1.82, 2.24) is 24.4 Å². The topological polar surface area (TPSA) is 98.9 Å². The van der Waals surface area contributed by atoms with Gasteiger partial charge in [0.25, 0.3) is 0 Å². The molecule has 162 valence electrons. The van der Waals surface area contributed by atoms with Crippen molar-refractivity contribution in [2.45, 2.75) is 24.5 Å². The monoisotopic (exact) mass is 447 g/mol. The SMILES string of the molecule is CSc1ccc(CNC(=O)Cn2c(=O)c(=O)n(Cc3ccncc3)c3ncccc32)cc1. The molecule has 9 heteroatoms. The maximum Gasteiger partial charge on any atom is 0.318 e. The zero-order chi connectivity index (χ0) is 22.5. The first-order chi connectivity index (χ1) is 15.6. The third-order valence-corrected chi connectivity index (χ3v) is 5.77. The van der Waals surface area contributed by atoms with Gasteiger partial charge in [-0.15, -0.1) is 11.8 Å². The van der Waals surface area contributed by atoms with Gasteiger partial charge in [-0.2, -0.15) is 0 Å². The smallest absolute Gasteiger partial charge is 0.318 e. The molecule has 1 N–H and O–H groups in total. The van der Waals surface area contributed by atoms with Gasteiger partial charge in [0.05, 0.1) is 12.1 Å². The number of thioether (sulfide) groups is 1. The zero-order valence-corrected chi connectivity index (χ0v) is 18.2. The van der Waals surface area contributed by atoms with E-state index in [1.54, 1.807) is 54.6 Å². The van der Waals surface area contributed by atoms with E-state index < -0.39 is 11.1 Å². The normalized spacial score (nSPS) is 10.9. The molecule has 1 aromatic carbocycles. The van der Waals surface area contributed by atoms with Crippen LogP contribution in [0.1, 0.15) is 11.1 Å². The first-order valence-corrected chi connectivity index (χ1v) is 11.2. The van der Waals surface area contributed by atoms with Crippen LogP contribution >= 0.6 is 11.8 Å². The van der Waals surface area contributed by atoms with E-state index >= 15 is 0 Å². The van der Waals surface area contributed by atoms with E-state index in [2.05, 4.69) is 15.3 Å². The third-order valence-electron chi connectivity index (χ3n) is 5.03. The second kappa shape index (κ2) is 9.61. The summed E-state index contributed by atoms with van der Waals surface area (Å²) in [5.41, 5.74) is 1.03. The minimum atomic E-state index is -0.765. The lowest BCUT2D eigenvalue weighted by atomic mass is 10.2. The zero-order valence-electron chi connectivity index (χ0n) is 17.4. The van der Waals surface area contributed by atoms with Gasteiger partial charge in [-0.1, -0.05) is 12.1 Å². The van der Waals surface area contributed by atoms with E-state index in [-0.39, 0.29) is 19.0 Å². The molecule has 0 fully saturated rings. The van der Waals surface area contributed by atoms with E-state index in [0.29, 0.717) is 17.7 Å². The molecule has 0 bridgehead atoms. The molecule has 0 spiro atoms. The summed E-state index contributed by atoms with van der Waals surface area (Å²) in [6.45, 7) is 0.246. The highest BCUT2D eigenvalue weighted by molar-refractivity contribution is 7.98. The minimum Gasteiger partial charge on any atom is -0.350 e. The molecule has 0 unspecified atom stereocenters. The number of amides is 1.